The summed E-state index contributed by atoms with van der Waals surface area (Å²) in [4.78, 5) is 26.3. The number of halogens is 1. The number of piperazine rings is 1. The van der Waals surface area contributed by atoms with Crippen molar-refractivity contribution in [2.45, 2.75) is 76.7 Å². The molecule has 2 N–H and O–H groups in total. The number of benzene rings is 3. The van der Waals surface area contributed by atoms with Crippen LogP contribution in [-0.4, -0.2) is 81.7 Å². The molecule has 1 aliphatic heterocycles. The number of rotatable bonds is 13. The quantitative estimate of drug-likeness (QED) is 0.119. The van der Waals surface area contributed by atoms with Crippen molar-refractivity contribution in [3.05, 3.63) is 112 Å². The second-order valence-corrected chi connectivity index (χ2v) is 19.7. The Balaban J connectivity index is 0.972. The highest BCUT2D eigenvalue weighted by molar-refractivity contribution is 7.90. The number of fused-ring (bicyclic) bond motifs is 1. The second-order valence-electron chi connectivity index (χ2n) is 17.6. The van der Waals surface area contributed by atoms with Crippen LogP contribution in [0.4, 0.5) is 5.69 Å². The lowest BCUT2D eigenvalue weighted by molar-refractivity contribution is 0.0481. The van der Waals surface area contributed by atoms with Crippen LogP contribution >= 0.6 is 11.6 Å². The van der Waals surface area contributed by atoms with Gasteiger partial charge in [-0.25, -0.2) is 18.1 Å². The van der Waals surface area contributed by atoms with E-state index in [2.05, 4.69) is 50.5 Å². The molecule has 0 unspecified atom stereocenters. The number of carbonyl (C=O) groups is 1. The van der Waals surface area contributed by atoms with Crippen molar-refractivity contribution in [2.24, 2.45) is 11.3 Å². The Morgan fingerprint density at radius 3 is 2.46 bits per heavy atom. The Bertz CT molecular complexity index is 2500. The predicted molar refractivity (Wildman–Crippen MR) is 241 cm³/mol. The van der Waals surface area contributed by atoms with Crippen molar-refractivity contribution < 1.29 is 27.4 Å². The Hall–Kier alpha value is -4.88. The van der Waals surface area contributed by atoms with Gasteiger partial charge in [0, 0.05) is 68.2 Å². The van der Waals surface area contributed by atoms with Crippen molar-refractivity contribution >= 4 is 49.8 Å². The van der Waals surface area contributed by atoms with Crippen LogP contribution in [0.5, 0.6) is 17.2 Å². The summed E-state index contributed by atoms with van der Waals surface area (Å²) in [7, 11) is -2.49. The minimum absolute atomic E-state index is 0.0293. The molecular weight excluding hydrogens is 810 g/mol. The lowest BCUT2D eigenvalue weighted by Gasteiger charge is -2.39. The Morgan fingerprint density at radius 2 is 1.72 bits per heavy atom. The van der Waals surface area contributed by atoms with E-state index >= 15 is 0 Å². The maximum Gasteiger partial charge on any atom is 0.268 e. The lowest BCUT2D eigenvalue weighted by Crippen LogP contribution is -2.47. The standard InChI is InChI=1S/C48H56ClN5O6S/c1-32-25-41(14-16-44(32)59-31-33-5-12-39(58-4)13-6-33)61(56,57)52-47(55)42-15-11-38(27-45(42)60-40-26-35-18-20-50-46(35)51-29-40)54-23-21-53(22-24-54)30-36-17-19-48(2,3)28-43(36)34-7-9-37(49)10-8-34/h7-11,14-16,18,20,25-27,29,33,39H,5-6,12-13,17,19,21-24,28,30-31H2,1-4H3,(H,50,51)(H,52,55)/t33-,39-. The Labute approximate surface area is 364 Å². The van der Waals surface area contributed by atoms with Crippen LogP contribution in [0, 0.1) is 18.3 Å². The third-order valence-electron chi connectivity index (χ3n) is 12.6. The van der Waals surface area contributed by atoms with E-state index in [-0.39, 0.29) is 21.6 Å². The first kappa shape index (κ1) is 42.8. The molecule has 3 aromatic carbocycles. The zero-order valence-electron chi connectivity index (χ0n) is 35.5. The highest BCUT2D eigenvalue weighted by atomic mass is 35.5. The molecule has 0 atom stereocenters. The second kappa shape index (κ2) is 18.2. The van der Waals surface area contributed by atoms with Crippen LogP contribution in [-0.2, 0) is 14.8 Å². The molecule has 0 radical (unpaired) electrons. The number of nitrogens with one attached hydrogen (secondary N) is 2. The minimum Gasteiger partial charge on any atom is -0.493 e. The van der Waals surface area contributed by atoms with Crippen molar-refractivity contribution in [2.75, 3.05) is 51.3 Å². The normalized spacial score (nSPS) is 19.9. The lowest BCUT2D eigenvalue weighted by atomic mass is 9.72. The molecule has 0 bridgehead atoms. The summed E-state index contributed by atoms with van der Waals surface area (Å²) in [6.07, 6.45) is 11.0. The van der Waals surface area contributed by atoms with Gasteiger partial charge in [-0.2, -0.15) is 0 Å². The van der Waals surface area contributed by atoms with E-state index in [1.54, 1.807) is 31.6 Å². The number of pyridine rings is 1. The molecule has 8 rings (SSSR count). The van der Waals surface area contributed by atoms with Gasteiger partial charge in [0.1, 0.15) is 22.9 Å². The number of amides is 1. The van der Waals surface area contributed by atoms with Gasteiger partial charge >= 0.3 is 0 Å². The average Bonchev–Trinajstić information content (AvgIpc) is 3.72. The number of aryl methyl sites for hydroxylation is 1. The van der Waals surface area contributed by atoms with Crippen LogP contribution in [0.3, 0.4) is 0 Å². The number of hydrogen-bond acceptors (Lipinski definition) is 9. The van der Waals surface area contributed by atoms with Crippen molar-refractivity contribution in [3.8, 4) is 17.2 Å². The zero-order valence-corrected chi connectivity index (χ0v) is 37.1. The molecule has 2 aromatic heterocycles. The maximum atomic E-state index is 13.9. The van der Waals surface area contributed by atoms with Gasteiger partial charge in [0.15, 0.2) is 0 Å². The summed E-state index contributed by atoms with van der Waals surface area (Å²) in [5, 5.41) is 1.59. The van der Waals surface area contributed by atoms with Gasteiger partial charge in [-0.05, 0) is 134 Å². The number of anilines is 1. The van der Waals surface area contributed by atoms with Crippen LogP contribution in [0.25, 0.3) is 16.6 Å². The van der Waals surface area contributed by atoms with Crippen molar-refractivity contribution in [1.29, 1.82) is 0 Å². The maximum absolute atomic E-state index is 13.9. The van der Waals surface area contributed by atoms with Gasteiger partial charge < -0.3 is 24.1 Å². The fourth-order valence-corrected chi connectivity index (χ4v) is 10.1. The number of aromatic amines is 1. The molecule has 11 nitrogen and oxygen atoms in total. The molecule has 61 heavy (non-hydrogen) atoms. The van der Waals surface area contributed by atoms with Gasteiger partial charge in [0.05, 0.1) is 29.4 Å². The first-order chi connectivity index (χ1) is 29.3. The number of methoxy groups -OCH3 is 1. The number of nitrogens with zero attached hydrogens (tertiary/aromatic N) is 3. The number of allylic oxidation sites excluding steroid dienone is 1. The summed E-state index contributed by atoms with van der Waals surface area (Å²) in [6, 6.07) is 22.0. The van der Waals surface area contributed by atoms with Crippen LogP contribution in [0.2, 0.25) is 5.02 Å². The van der Waals surface area contributed by atoms with E-state index in [9.17, 15) is 13.2 Å². The molecule has 3 aliphatic rings. The van der Waals surface area contributed by atoms with Gasteiger partial charge in [0.25, 0.3) is 15.9 Å². The zero-order chi connectivity index (χ0) is 42.7. The molecule has 322 valence electrons. The van der Waals surface area contributed by atoms with Gasteiger partial charge in [-0.1, -0.05) is 43.2 Å². The summed E-state index contributed by atoms with van der Waals surface area (Å²) in [6.45, 7) is 11.3. The molecule has 1 amide bonds. The number of aromatic nitrogens is 2. The summed E-state index contributed by atoms with van der Waals surface area (Å²) in [5.74, 6) is 0.897. The van der Waals surface area contributed by atoms with Gasteiger partial charge in [-0.15, -0.1) is 0 Å². The summed E-state index contributed by atoms with van der Waals surface area (Å²) >= 11 is 6.25. The van der Waals surface area contributed by atoms with Crippen LogP contribution in [0.15, 0.2) is 95.7 Å². The molecule has 1 saturated carbocycles. The van der Waals surface area contributed by atoms with Gasteiger partial charge in [0.2, 0.25) is 0 Å². The SMILES string of the molecule is CO[C@H]1CC[C@H](COc2ccc(S(=O)(=O)NC(=O)c3ccc(N4CCN(CC5=C(c6ccc(Cl)cc6)CC(C)(C)CC5)CC4)cc3Oc3cnc4[nH]ccc4c3)cc2C)CC1. The molecule has 2 aliphatic carbocycles. The molecule has 3 heterocycles. The average molecular weight is 867 g/mol. The molecule has 0 spiro atoms. The first-order valence-electron chi connectivity index (χ1n) is 21.3. The van der Waals surface area contributed by atoms with E-state index in [0.29, 0.717) is 41.3 Å². The monoisotopic (exact) mass is 865 g/mol. The largest absolute Gasteiger partial charge is 0.493 e. The highest BCUT2D eigenvalue weighted by Crippen LogP contribution is 2.43. The third kappa shape index (κ3) is 10.3. The number of sulfonamides is 1. The molecule has 2 fully saturated rings. The topological polar surface area (TPSA) is 126 Å². The van der Waals surface area contributed by atoms with Gasteiger partial charge in [-0.3, -0.25) is 9.69 Å². The fraction of sp³-hybridized carbons (Fsp3) is 0.417. The highest BCUT2D eigenvalue weighted by Gasteiger charge is 2.30. The number of ether oxygens (including phenoxy) is 3. The fourth-order valence-electron chi connectivity index (χ4n) is 8.91. The Morgan fingerprint density at radius 1 is 0.951 bits per heavy atom. The van der Waals surface area contributed by atoms with E-state index in [0.717, 1.165) is 93.8 Å². The van der Waals surface area contributed by atoms with Crippen molar-refractivity contribution in [3.63, 3.8) is 0 Å². The smallest absolute Gasteiger partial charge is 0.268 e. The van der Waals surface area contributed by atoms with E-state index in [1.165, 1.54) is 28.8 Å². The van der Waals surface area contributed by atoms with E-state index in [4.69, 9.17) is 25.8 Å². The van der Waals surface area contributed by atoms with E-state index < -0.39 is 15.9 Å². The number of carbonyl (C=O) groups excluding carboxylic acids is 1. The third-order valence-corrected chi connectivity index (χ3v) is 14.2. The number of hydrogen-bond donors (Lipinski definition) is 2. The predicted octanol–water partition coefficient (Wildman–Crippen LogP) is 9.81. The molecule has 5 aromatic rings. The van der Waals surface area contributed by atoms with Crippen LogP contribution in [0.1, 0.15) is 80.3 Å². The minimum atomic E-state index is -4.25. The Kier molecular flexibility index (Phi) is 12.8. The number of H-pyrrole nitrogens is 1. The summed E-state index contributed by atoms with van der Waals surface area (Å²) < 4.78 is 47.7. The molecular formula is C48H56ClN5O6S. The van der Waals surface area contributed by atoms with E-state index in [1.807, 2.05) is 43.3 Å². The van der Waals surface area contributed by atoms with Crippen molar-refractivity contribution in [1.82, 2.24) is 19.6 Å². The van der Waals surface area contributed by atoms with Crippen LogP contribution < -0.4 is 19.1 Å². The summed E-state index contributed by atoms with van der Waals surface area (Å²) in [5.41, 5.74) is 6.78. The molecule has 1 saturated heterocycles. The first-order valence-corrected chi connectivity index (χ1v) is 23.2. The molecule has 13 heteroatoms.